The summed E-state index contributed by atoms with van der Waals surface area (Å²) in [6.45, 7) is 4.84. The molecule has 4 aromatic rings. The van der Waals surface area contributed by atoms with Crippen LogP contribution in [0.15, 0.2) is 84.9 Å². The summed E-state index contributed by atoms with van der Waals surface area (Å²) in [5.74, 6) is -0.474. The van der Waals surface area contributed by atoms with Crippen LogP contribution in [0.5, 0.6) is 0 Å². The van der Waals surface area contributed by atoms with Crippen molar-refractivity contribution < 1.29 is 14.3 Å². The Morgan fingerprint density at radius 3 is 2.16 bits per heavy atom. The van der Waals surface area contributed by atoms with Crippen molar-refractivity contribution >= 4 is 12.0 Å². The molecular weight excluding hydrogens is 464 g/mol. The largest absolute Gasteiger partial charge is 0.461 e. The predicted octanol–water partition coefficient (Wildman–Crippen LogP) is 5.21. The van der Waals surface area contributed by atoms with Gasteiger partial charge in [0.05, 0.1) is 30.6 Å². The number of hydrogen-bond donors (Lipinski definition) is 1. The van der Waals surface area contributed by atoms with Gasteiger partial charge in [-0.15, -0.1) is 0 Å². The number of rotatable bonds is 6. The van der Waals surface area contributed by atoms with Crippen LogP contribution >= 0.6 is 0 Å². The van der Waals surface area contributed by atoms with Crippen LogP contribution in [0, 0.1) is 6.92 Å². The summed E-state index contributed by atoms with van der Waals surface area (Å²) < 4.78 is 7.12. The van der Waals surface area contributed by atoms with E-state index in [0.717, 1.165) is 33.6 Å². The minimum absolute atomic E-state index is 0.193. The van der Waals surface area contributed by atoms with E-state index in [0.29, 0.717) is 13.0 Å². The van der Waals surface area contributed by atoms with Gasteiger partial charge in [-0.05, 0) is 37.1 Å². The van der Waals surface area contributed by atoms with Crippen LogP contribution in [0.3, 0.4) is 0 Å². The molecule has 2 amide bonds. The molecule has 7 nitrogen and oxygen atoms in total. The Balaban J connectivity index is 1.44. The van der Waals surface area contributed by atoms with Gasteiger partial charge in [0.1, 0.15) is 0 Å². The van der Waals surface area contributed by atoms with Crippen molar-refractivity contribution in [3.05, 3.63) is 119 Å². The molecule has 0 aliphatic carbocycles. The number of carbonyl (C=O) groups is 2. The van der Waals surface area contributed by atoms with Crippen molar-refractivity contribution in [3.63, 3.8) is 0 Å². The molecule has 0 unspecified atom stereocenters. The second-order valence-corrected chi connectivity index (χ2v) is 9.12. The number of urea groups is 1. The summed E-state index contributed by atoms with van der Waals surface area (Å²) >= 11 is 0. The third-order valence-electron chi connectivity index (χ3n) is 6.63. The molecule has 188 valence electrons. The van der Waals surface area contributed by atoms with Crippen molar-refractivity contribution in [3.8, 4) is 5.69 Å². The molecule has 0 radical (unpaired) electrons. The van der Waals surface area contributed by atoms with E-state index in [1.807, 2.05) is 96.5 Å². The molecule has 1 aliphatic heterocycles. The third kappa shape index (κ3) is 5.11. The lowest BCUT2D eigenvalue weighted by atomic mass is 9.99. The molecule has 0 atom stereocenters. The van der Waals surface area contributed by atoms with Gasteiger partial charge < -0.3 is 15.0 Å². The Labute approximate surface area is 216 Å². The van der Waals surface area contributed by atoms with Crippen LogP contribution in [0.25, 0.3) is 5.69 Å². The van der Waals surface area contributed by atoms with Crippen LogP contribution in [0.1, 0.15) is 51.4 Å². The van der Waals surface area contributed by atoms with Gasteiger partial charge in [-0.25, -0.2) is 14.3 Å². The first-order valence-electron chi connectivity index (χ1n) is 12.6. The third-order valence-corrected chi connectivity index (χ3v) is 6.63. The molecule has 1 aromatic heterocycles. The molecule has 7 heteroatoms. The lowest BCUT2D eigenvalue weighted by molar-refractivity contribution is 0.0516. The highest BCUT2D eigenvalue weighted by atomic mass is 16.5. The van der Waals surface area contributed by atoms with E-state index in [1.165, 1.54) is 0 Å². The van der Waals surface area contributed by atoms with Gasteiger partial charge in [-0.1, -0.05) is 78.4 Å². The quantitative estimate of drug-likeness (QED) is 0.373. The number of nitrogens with zero attached hydrogens (tertiary/aromatic N) is 3. The molecule has 0 bridgehead atoms. The minimum Gasteiger partial charge on any atom is -0.461 e. The normalized spacial score (nSPS) is 12.8. The van der Waals surface area contributed by atoms with Gasteiger partial charge >= 0.3 is 12.0 Å². The van der Waals surface area contributed by atoms with E-state index >= 15 is 0 Å². The zero-order valence-corrected chi connectivity index (χ0v) is 21.1. The molecule has 1 aliphatic rings. The lowest BCUT2D eigenvalue weighted by Crippen LogP contribution is -2.44. The molecule has 0 spiro atoms. The van der Waals surface area contributed by atoms with Gasteiger partial charge in [0.15, 0.2) is 5.69 Å². The second kappa shape index (κ2) is 10.7. The Morgan fingerprint density at radius 2 is 1.57 bits per heavy atom. The average Bonchev–Trinajstić information content (AvgIpc) is 3.32. The minimum atomic E-state index is -0.474. The molecule has 37 heavy (non-hydrogen) atoms. The number of esters is 1. The fourth-order valence-electron chi connectivity index (χ4n) is 4.72. The lowest BCUT2D eigenvalue weighted by Gasteiger charge is -2.30. The first kappa shape index (κ1) is 24.3. The summed E-state index contributed by atoms with van der Waals surface area (Å²) in [4.78, 5) is 28.1. The molecule has 5 rings (SSSR count). The van der Waals surface area contributed by atoms with Gasteiger partial charge in [-0.3, -0.25) is 0 Å². The maximum absolute atomic E-state index is 13.6. The first-order chi connectivity index (χ1) is 18.0. The van der Waals surface area contributed by atoms with E-state index < -0.39 is 5.97 Å². The Morgan fingerprint density at radius 1 is 0.946 bits per heavy atom. The average molecular weight is 495 g/mol. The smallest absolute Gasteiger partial charge is 0.359 e. The summed E-state index contributed by atoms with van der Waals surface area (Å²) in [7, 11) is 0. The van der Waals surface area contributed by atoms with Crippen molar-refractivity contribution in [2.45, 2.75) is 32.9 Å². The number of fused-ring (bicyclic) bond motifs is 1. The zero-order chi connectivity index (χ0) is 25.8. The summed E-state index contributed by atoms with van der Waals surface area (Å²) in [5, 5.41) is 7.86. The number of nitrogens with one attached hydrogen (secondary N) is 1. The topological polar surface area (TPSA) is 76.5 Å². The van der Waals surface area contributed by atoms with E-state index in [-0.39, 0.29) is 30.9 Å². The number of aryl methyl sites for hydroxylation is 1. The molecule has 0 saturated heterocycles. The zero-order valence-electron chi connectivity index (χ0n) is 21.1. The summed E-state index contributed by atoms with van der Waals surface area (Å²) in [5.41, 5.74) is 5.94. The number of amides is 2. The van der Waals surface area contributed by atoms with E-state index in [4.69, 9.17) is 4.74 Å². The molecule has 3 aromatic carbocycles. The second-order valence-electron chi connectivity index (χ2n) is 9.12. The van der Waals surface area contributed by atoms with Gasteiger partial charge in [0.2, 0.25) is 0 Å². The maximum Gasteiger partial charge on any atom is 0.359 e. The number of hydrogen-bond acceptors (Lipinski definition) is 4. The van der Waals surface area contributed by atoms with Crippen LogP contribution in [-0.2, 0) is 17.7 Å². The van der Waals surface area contributed by atoms with E-state index in [2.05, 4.69) is 10.4 Å². The maximum atomic E-state index is 13.6. The fraction of sp³-hybridized carbons (Fsp3) is 0.233. The van der Waals surface area contributed by atoms with Gasteiger partial charge in [0.25, 0.3) is 0 Å². The van der Waals surface area contributed by atoms with E-state index in [9.17, 15) is 9.59 Å². The number of ether oxygens (including phenoxy) is 1. The Kier molecular flexibility index (Phi) is 7.03. The first-order valence-corrected chi connectivity index (χ1v) is 12.6. The molecule has 0 saturated carbocycles. The fourth-order valence-corrected chi connectivity index (χ4v) is 4.72. The molecule has 2 heterocycles. The number of carbonyl (C=O) groups excluding carboxylic acids is 2. The Hall–Kier alpha value is -4.39. The van der Waals surface area contributed by atoms with Crippen LogP contribution in [0.2, 0.25) is 0 Å². The number of benzene rings is 3. The summed E-state index contributed by atoms with van der Waals surface area (Å²) in [6.07, 6.45) is 0.574. The molecule has 1 N–H and O–H groups in total. The highest BCUT2D eigenvalue weighted by molar-refractivity contribution is 5.90. The molecule has 0 fully saturated rings. The van der Waals surface area contributed by atoms with Crippen molar-refractivity contribution in [2.24, 2.45) is 0 Å². The molecular formula is C30H30N4O3. The predicted molar refractivity (Wildman–Crippen MR) is 142 cm³/mol. The SMILES string of the molecule is CCOC(=O)c1nn(-c2ccc(C)cc2)c2c1CN(C(=O)NC(c1ccccc1)c1ccccc1)CC2. The van der Waals surface area contributed by atoms with Crippen molar-refractivity contribution in [1.82, 2.24) is 20.0 Å². The number of aromatic nitrogens is 2. The highest BCUT2D eigenvalue weighted by Crippen LogP contribution is 2.28. The monoisotopic (exact) mass is 494 g/mol. The van der Waals surface area contributed by atoms with Gasteiger partial charge in [0, 0.05) is 18.5 Å². The van der Waals surface area contributed by atoms with Crippen LogP contribution < -0.4 is 5.32 Å². The van der Waals surface area contributed by atoms with Crippen molar-refractivity contribution in [2.75, 3.05) is 13.2 Å². The van der Waals surface area contributed by atoms with Gasteiger partial charge in [-0.2, -0.15) is 5.10 Å². The standard InChI is InChI=1S/C30H30N4O3/c1-3-37-29(35)28-25-20-33(19-18-26(25)34(32-28)24-16-14-21(2)15-17-24)30(36)31-27(22-10-6-4-7-11-22)23-12-8-5-9-13-23/h4-17,27H,3,18-20H2,1-2H3,(H,31,36). The highest BCUT2D eigenvalue weighted by Gasteiger charge is 2.32. The van der Waals surface area contributed by atoms with Crippen molar-refractivity contribution in [1.29, 1.82) is 0 Å². The van der Waals surface area contributed by atoms with E-state index in [1.54, 1.807) is 11.8 Å². The van der Waals surface area contributed by atoms with Crippen LogP contribution in [-0.4, -0.2) is 39.8 Å². The summed E-state index contributed by atoms with van der Waals surface area (Å²) in [6, 6.07) is 27.4. The van der Waals surface area contributed by atoms with Crippen LogP contribution in [0.4, 0.5) is 4.79 Å². The Bertz CT molecular complexity index is 1340.